The molecule has 0 aromatic heterocycles. The summed E-state index contributed by atoms with van der Waals surface area (Å²) in [5.74, 6) is -1.40. The van der Waals surface area contributed by atoms with Crippen molar-refractivity contribution in [2.24, 2.45) is 0 Å². The summed E-state index contributed by atoms with van der Waals surface area (Å²) in [4.78, 5) is 22.4. The van der Waals surface area contributed by atoms with Gasteiger partial charge in [-0.25, -0.2) is 4.79 Å². The SMILES string of the molecule is CCCCOC(=O)CC(O)C(=O)OCC1CO1. The second kappa shape index (κ2) is 7.24. The van der Waals surface area contributed by atoms with E-state index in [2.05, 4.69) is 0 Å². The first kappa shape index (κ1) is 13.9. The minimum absolute atomic E-state index is 0.0531. The van der Waals surface area contributed by atoms with Crippen molar-refractivity contribution in [1.82, 2.24) is 0 Å². The van der Waals surface area contributed by atoms with Crippen LogP contribution in [-0.2, 0) is 23.8 Å². The van der Waals surface area contributed by atoms with Crippen LogP contribution >= 0.6 is 0 Å². The number of hydrogen-bond donors (Lipinski definition) is 1. The van der Waals surface area contributed by atoms with Crippen molar-refractivity contribution >= 4 is 11.9 Å². The van der Waals surface area contributed by atoms with Crippen LogP contribution in [0.4, 0.5) is 0 Å². The molecule has 0 aliphatic carbocycles. The molecule has 0 aromatic carbocycles. The molecule has 0 radical (unpaired) electrons. The van der Waals surface area contributed by atoms with E-state index in [0.29, 0.717) is 13.2 Å². The molecular formula is C11H18O6. The number of aliphatic hydroxyl groups excluding tert-OH is 1. The predicted molar refractivity (Wildman–Crippen MR) is 57.2 cm³/mol. The summed E-state index contributed by atoms with van der Waals surface area (Å²) in [7, 11) is 0. The Morgan fingerprint density at radius 2 is 2.18 bits per heavy atom. The smallest absolute Gasteiger partial charge is 0.335 e. The fourth-order valence-corrected chi connectivity index (χ4v) is 1.07. The van der Waals surface area contributed by atoms with Crippen LogP contribution in [0.15, 0.2) is 0 Å². The topological polar surface area (TPSA) is 85.4 Å². The van der Waals surface area contributed by atoms with E-state index in [1.807, 2.05) is 6.92 Å². The van der Waals surface area contributed by atoms with Gasteiger partial charge in [0.05, 0.1) is 19.6 Å². The van der Waals surface area contributed by atoms with Gasteiger partial charge in [-0.15, -0.1) is 0 Å². The molecule has 98 valence electrons. The number of hydrogen-bond acceptors (Lipinski definition) is 6. The molecule has 0 spiro atoms. The summed E-state index contributed by atoms with van der Waals surface area (Å²) in [5.41, 5.74) is 0. The van der Waals surface area contributed by atoms with Gasteiger partial charge in [0.15, 0.2) is 6.10 Å². The lowest BCUT2D eigenvalue weighted by Gasteiger charge is -2.09. The normalized spacial score (nSPS) is 19.5. The van der Waals surface area contributed by atoms with Gasteiger partial charge in [0, 0.05) is 0 Å². The molecule has 1 rings (SSSR count). The van der Waals surface area contributed by atoms with Crippen LogP contribution in [0.3, 0.4) is 0 Å². The highest BCUT2D eigenvalue weighted by Gasteiger charge is 2.27. The number of aliphatic hydroxyl groups is 1. The van der Waals surface area contributed by atoms with Crippen LogP contribution in [0, 0.1) is 0 Å². The van der Waals surface area contributed by atoms with E-state index in [-0.39, 0.29) is 19.1 Å². The third-order valence-electron chi connectivity index (χ3n) is 2.21. The zero-order chi connectivity index (χ0) is 12.7. The third-order valence-corrected chi connectivity index (χ3v) is 2.21. The zero-order valence-corrected chi connectivity index (χ0v) is 9.89. The molecular weight excluding hydrogens is 228 g/mol. The van der Waals surface area contributed by atoms with Gasteiger partial charge in [-0.2, -0.15) is 0 Å². The first-order chi connectivity index (χ1) is 8.13. The largest absolute Gasteiger partial charge is 0.466 e. The summed E-state index contributed by atoms with van der Waals surface area (Å²) < 4.78 is 14.4. The van der Waals surface area contributed by atoms with Gasteiger partial charge in [0.25, 0.3) is 0 Å². The highest BCUT2D eigenvalue weighted by molar-refractivity contribution is 5.81. The van der Waals surface area contributed by atoms with E-state index in [9.17, 15) is 14.7 Å². The first-order valence-electron chi connectivity index (χ1n) is 5.75. The van der Waals surface area contributed by atoms with Gasteiger partial charge in [0.1, 0.15) is 12.7 Å². The number of epoxide rings is 1. The molecule has 1 N–H and O–H groups in total. The minimum Gasteiger partial charge on any atom is -0.466 e. The number of esters is 2. The van der Waals surface area contributed by atoms with Crippen LogP contribution in [0.2, 0.25) is 0 Å². The Bertz CT molecular complexity index is 261. The highest BCUT2D eigenvalue weighted by Crippen LogP contribution is 2.09. The monoisotopic (exact) mass is 246 g/mol. The molecule has 0 aromatic rings. The van der Waals surface area contributed by atoms with E-state index in [1.54, 1.807) is 0 Å². The van der Waals surface area contributed by atoms with Crippen LogP contribution < -0.4 is 0 Å². The molecule has 1 fully saturated rings. The summed E-state index contributed by atoms with van der Waals surface area (Å²) in [6.07, 6.45) is -0.191. The number of carbonyl (C=O) groups is 2. The van der Waals surface area contributed by atoms with Crippen molar-refractivity contribution in [3.8, 4) is 0 Å². The fraction of sp³-hybridized carbons (Fsp3) is 0.818. The van der Waals surface area contributed by atoms with Crippen molar-refractivity contribution in [1.29, 1.82) is 0 Å². The van der Waals surface area contributed by atoms with Crippen molar-refractivity contribution in [3.05, 3.63) is 0 Å². The molecule has 17 heavy (non-hydrogen) atoms. The predicted octanol–water partition coefficient (Wildman–Crippen LogP) is 0.0227. The minimum atomic E-state index is -1.46. The Morgan fingerprint density at radius 3 is 2.76 bits per heavy atom. The molecule has 6 heteroatoms. The van der Waals surface area contributed by atoms with Gasteiger partial charge in [-0.1, -0.05) is 13.3 Å². The van der Waals surface area contributed by atoms with Crippen molar-refractivity contribution in [2.45, 2.75) is 38.4 Å². The molecule has 0 bridgehead atoms. The van der Waals surface area contributed by atoms with Crippen molar-refractivity contribution in [2.75, 3.05) is 19.8 Å². The maximum absolute atomic E-state index is 11.2. The van der Waals surface area contributed by atoms with E-state index in [4.69, 9.17) is 14.2 Å². The van der Waals surface area contributed by atoms with E-state index >= 15 is 0 Å². The Hall–Kier alpha value is -1.14. The Labute approximate surface area is 99.8 Å². The lowest BCUT2D eigenvalue weighted by Crippen LogP contribution is -2.28. The van der Waals surface area contributed by atoms with Gasteiger partial charge in [-0.05, 0) is 6.42 Å². The van der Waals surface area contributed by atoms with Crippen LogP contribution in [0.25, 0.3) is 0 Å². The number of rotatable bonds is 8. The lowest BCUT2D eigenvalue weighted by atomic mass is 10.2. The summed E-state index contributed by atoms with van der Waals surface area (Å²) in [6, 6.07) is 0. The van der Waals surface area contributed by atoms with E-state index in [1.165, 1.54) is 0 Å². The number of carbonyl (C=O) groups excluding carboxylic acids is 2. The van der Waals surface area contributed by atoms with Gasteiger partial charge < -0.3 is 19.3 Å². The van der Waals surface area contributed by atoms with Gasteiger partial charge in [0.2, 0.25) is 0 Å². The Kier molecular flexibility index (Phi) is 5.93. The molecule has 1 aliphatic heterocycles. The summed E-state index contributed by atoms with van der Waals surface area (Å²) in [6.45, 7) is 2.98. The fourth-order valence-electron chi connectivity index (χ4n) is 1.07. The zero-order valence-electron chi connectivity index (χ0n) is 9.89. The first-order valence-corrected chi connectivity index (χ1v) is 5.75. The molecule has 0 amide bonds. The molecule has 1 aliphatic rings. The maximum atomic E-state index is 11.2. The van der Waals surface area contributed by atoms with Crippen LogP contribution in [0.1, 0.15) is 26.2 Å². The third kappa shape index (κ3) is 6.23. The van der Waals surface area contributed by atoms with Crippen LogP contribution in [0.5, 0.6) is 0 Å². The standard InChI is InChI=1S/C11H18O6/c1-2-3-4-15-10(13)5-9(12)11(14)17-7-8-6-16-8/h8-9,12H,2-7H2,1H3. The average molecular weight is 246 g/mol. The highest BCUT2D eigenvalue weighted by atomic mass is 16.6. The quantitative estimate of drug-likeness (QED) is 0.369. The molecule has 2 atom stereocenters. The average Bonchev–Trinajstić information content (AvgIpc) is 3.10. The molecule has 1 saturated heterocycles. The maximum Gasteiger partial charge on any atom is 0.335 e. The Balaban J connectivity index is 2.10. The summed E-state index contributed by atoms with van der Waals surface area (Å²) in [5, 5.41) is 9.36. The number of unbranched alkanes of at least 4 members (excludes halogenated alkanes) is 1. The summed E-state index contributed by atoms with van der Waals surface area (Å²) >= 11 is 0. The lowest BCUT2D eigenvalue weighted by molar-refractivity contribution is -0.160. The van der Waals surface area contributed by atoms with Gasteiger partial charge >= 0.3 is 11.9 Å². The molecule has 6 nitrogen and oxygen atoms in total. The van der Waals surface area contributed by atoms with Gasteiger partial charge in [-0.3, -0.25) is 4.79 Å². The second-order valence-electron chi connectivity index (χ2n) is 3.88. The second-order valence-corrected chi connectivity index (χ2v) is 3.88. The van der Waals surface area contributed by atoms with Crippen LogP contribution in [-0.4, -0.2) is 49.1 Å². The van der Waals surface area contributed by atoms with E-state index < -0.39 is 18.0 Å². The van der Waals surface area contributed by atoms with E-state index in [0.717, 1.165) is 12.8 Å². The molecule has 0 saturated carbocycles. The van der Waals surface area contributed by atoms with Crippen molar-refractivity contribution in [3.63, 3.8) is 0 Å². The Morgan fingerprint density at radius 1 is 1.47 bits per heavy atom. The van der Waals surface area contributed by atoms with Crippen molar-refractivity contribution < 1.29 is 28.9 Å². The number of ether oxygens (including phenoxy) is 3. The molecule has 1 heterocycles. The molecule has 2 unspecified atom stereocenters.